The quantitative estimate of drug-likeness (QED) is 0.670. The van der Waals surface area contributed by atoms with Gasteiger partial charge in [-0.2, -0.15) is 4.68 Å². The molecule has 1 N–H and O–H groups in total. The van der Waals surface area contributed by atoms with Gasteiger partial charge in [0.1, 0.15) is 0 Å². The lowest BCUT2D eigenvalue weighted by atomic mass is 10.1. The highest BCUT2D eigenvalue weighted by atomic mass is 16.6. The molecule has 1 atom stereocenters. The van der Waals surface area contributed by atoms with E-state index in [-0.39, 0.29) is 16.7 Å². The first-order valence-corrected chi connectivity index (χ1v) is 6.17. The fourth-order valence-electron chi connectivity index (χ4n) is 1.98. The Hall–Kier alpha value is -2.35. The Bertz CT molecular complexity index is 651. The number of nitro groups is 1. The van der Waals surface area contributed by atoms with Crippen molar-refractivity contribution in [1.29, 1.82) is 0 Å². The first kappa shape index (κ1) is 14.1. The molecule has 2 rings (SSSR count). The Balaban J connectivity index is 2.57. The molecule has 2 aromatic rings. The summed E-state index contributed by atoms with van der Waals surface area (Å²) in [5.74, 6) is 0.656. The largest absolute Gasteiger partial charge is 0.311 e. The van der Waals surface area contributed by atoms with Crippen molar-refractivity contribution in [1.82, 2.24) is 25.5 Å². The Kier molecular flexibility index (Phi) is 3.75. The number of nitrogens with one attached hydrogen (secondary N) is 1. The molecular formula is C12H16N6O2. The molecule has 0 bridgehead atoms. The van der Waals surface area contributed by atoms with Crippen molar-refractivity contribution in [3.05, 3.63) is 39.2 Å². The molecule has 0 aliphatic carbocycles. The van der Waals surface area contributed by atoms with Crippen molar-refractivity contribution in [2.75, 3.05) is 7.05 Å². The van der Waals surface area contributed by atoms with Gasteiger partial charge in [0.25, 0.3) is 5.69 Å². The maximum Gasteiger partial charge on any atom is 0.272 e. The molecule has 1 aromatic carbocycles. The molecule has 1 unspecified atom stereocenters. The van der Waals surface area contributed by atoms with E-state index in [1.54, 1.807) is 30.7 Å². The monoisotopic (exact) mass is 276 g/mol. The van der Waals surface area contributed by atoms with Crippen molar-refractivity contribution in [3.63, 3.8) is 0 Å². The summed E-state index contributed by atoms with van der Waals surface area (Å²) in [5.41, 5.74) is 2.17. The summed E-state index contributed by atoms with van der Waals surface area (Å²) in [4.78, 5) is 10.6. The van der Waals surface area contributed by atoms with Crippen LogP contribution in [0.3, 0.4) is 0 Å². The Morgan fingerprint density at radius 2 is 2.05 bits per heavy atom. The molecular weight excluding hydrogens is 260 g/mol. The second kappa shape index (κ2) is 5.33. The van der Waals surface area contributed by atoms with Gasteiger partial charge in [-0.15, -0.1) is 5.10 Å². The third-order valence-electron chi connectivity index (χ3n) is 3.25. The lowest BCUT2D eigenvalue weighted by Gasteiger charge is -2.12. The van der Waals surface area contributed by atoms with Crippen LogP contribution < -0.4 is 5.32 Å². The predicted octanol–water partition coefficient (Wildman–Crippen LogP) is 1.47. The van der Waals surface area contributed by atoms with Crippen LogP contribution in [-0.2, 0) is 0 Å². The molecule has 0 spiro atoms. The third-order valence-corrected chi connectivity index (χ3v) is 3.25. The normalized spacial score (nSPS) is 12.4. The van der Waals surface area contributed by atoms with Crippen molar-refractivity contribution in [2.45, 2.75) is 26.8 Å². The zero-order valence-corrected chi connectivity index (χ0v) is 11.8. The van der Waals surface area contributed by atoms with E-state index in [0.29, 0.717) is 11.4 Å². The number of benzene rings is 1. The number of nitrogens with zero attached hydrogens (tertiary/aromatic N) is 5. The number of aromatic nitrogens is 4. The summed E-state index contributed by atoms with van der Waals surface area (Å²) >= 11 is 0. The summed E-state index contributed by atoms with van der Waals surface area (Å²) in [5, 5.41) is 25.7. The molecule has 0 amide bonds. The number of hydrogen-bond donors (Lipinski definition) is 1. The summed E-state index contributed by atoms with van der Waals surface area (Å²) in [7, 11) is 1.82. The second-order valence-electron chi connectivity index (χ2n) is 4.64. The lowest BCUT2D eigenvalue weighted by molar-refractivity contribution is -0.385. The van der Waals surface area contributed by atoms with Crippen molar-refractivity contribution in [2.24, 2.45) is 0 Å². The van der Waals surface area contributed by atoms with Gasteiger partial charge in [0.05, 0.1) is 16.7 Å². The number of hydrogen-bond acceptors (Lipinski definition) is 6. The Labute approximate surface area is 115 Å². The summed E-state index contributed by atoms with van der Waals surface area (Å²) in [6.45, 7) is 5.44. The SMILES string of the molecule is CNC(C)c1nnnn1-c1cc(C)c([N+](=O)[O-])cc1C. The van der Waals surface area contributed by atoms with E-state index < -0.39 is 0 Å². The smallest absolute Gasteiger partial charge is 0.272 e. The standard InChI is InChI=1S/C12H16N6O2/c1-7-6-11(18(19)20)8(2)5-10(7)17-12(9(3)13-4)14-15-16-17/h5-6,9,13H,1-4H3. The Morgan fingerprint density at radius 1 is 1.35 bits per heavy atom. The average Bonchev–Trinajstić information content (AvgIpc) is 2.88. The van der Waals surface area contributed by atoms with Crippen molar-refractivity contribution >= 4 is 5.69 Å². The van der Waals surface area contributed by atoms with Gasteiger partial charge >= 0.3 is 0 Å². The molecule has 1 aromatic heterocycles. The minimum absolute atomic E-state index is 0.0279. The predicted molar refractivity (Wildman–Crippen MR) is 72.8 cm³/mol. The van der Waals surface area contributed by atoms with Crippen molar-refractivity contribution in [3.8, 4) is 5.69 Å². The van der Waals surface area contributed by atoms with Crippen LogP contribution in [0.5, 0.6) is 0 Å². The van der Waals surface area contributed by atoms with Gasteiger partial charge in [-0.1, -0.05) is 0 Å². The van der Waals surface area contributed by atoms with E-state index in [1.165, 1.54) is 0 Å². The summed E-state index contributed by atoms with van der Waals surface area (Å²) in [6.07, 6.45) is 0. The highest BCUT2D eigenvalue weighted by molar-refractivity contribution is 5.52. The fraction of sp³-hybridized carbons (Fsp3) is 0.417. The zero-order chi connectivity index (χ0) is 14.9. The van der Waals surface area contributed by atoms with E-state index >= 15 is 0 Å². The molecule has 0 radical (unpaired) electrons. The maximum absolute atomic E-state index is 10.9. The first-order valence-electron chi connectivity index (χ1n) is 6.17. The highest BCUT2D eigenvalue weighted by Gasteiger charge is 2.19. The third kappa shape index (κ3) is 2.37. The van der Waals surface area contributed by atoms with Gasteiger partial charge in [0.15, 0.2) is 5.82 Å². The van der Waals surface area contributed by atoms with Crippen LogP contribution >= 0.6 is 0 Å². The van der Waals surface area contributed by atoms with E-state index in [2.05, 4.69) is 20.8 Å². The van der Waals surface area contributed by atoms with Crippen LogP contribution in [0.4, 0.5) is 5.69 Å². The van der Waals surface area contributed by atoms with Crippen LogP contribution in [-0.4, -0.2) is 32.2 Å². The van der Waals surface area contributed by atoms with Gasteiger partial charge in [0.2, 0.25) is 0 Å². The number of aryl methyl sites for hydroxylation is 2. The molecule has 8 nitrogen and oxygen atoms in total. The van der Waals surface area contributed by atoms with E-state index in [1.807, 2.05) is 14.0 Å². The highest BCUT2D eigenvalue weighted by Crippen LogP contribution is 2.25. The van der Waals surface area contributed by atoms with E-state index in [9.17, 15) is 10.1 Å². The van der Waals surface area contributed by atoms with Gasteiger partial charge in [-0.25, -0.2) is 0 Å². The molecule has 20 heavy (non-hydrogen) atoms. The van der Waals surface area contributed by atoms with Crippen LogP contribution in [0.2, 0.25) is 0 Å². The van der Waals surface area contributed by atoms with Gasteiger partial charge in [0, 0.05) is 11.6 Å². The van der Waals surface area contributed by atoms with Crippen LogP contribution in [0.1, 0.15) is 29.9 Å². The topological polar surface area (TPSA) is 98.8 Å². The first-order chi connectivity index (χ1) is 9.45. The summed E-state index contributed by atoms with van der Waals surface area (Å²) in [6, 6.07) is 3.25. The number of rotatable bonds is 4. The molecule has 0 aliphatic rings. The molecule has 8 heteroatoms. The van der Waals surface area contributed by atoms with Crippen molar-refractivity contribution < 1.29 is 4.92 Å². The maximum atomic E-state index is 10.9. The van der Waals surface area contributed by atoms with E-state index in [4.69, 9.17) is 0 Å². The molecule has 0 saturated carbocycles. The molecule has 1 heterocycles. The molecule has 0 saturated heterocycles. The van der Waals surface area contributed by atoms with E-state index in [0.717, 1.165) is 11.3 Å². The minimum Gasteiger partial charge on any atom is -0.311 e. The van der Waals surface area contributed by atoms with Crippen LogP contribution in [0, 0.1) is 24.0 Å². The average molecular weight is 276 g/mol. The lowest BCUT2D eigenvalue weighted by Crippen LogP contribution is -2.18. The Morgan fingerprint density at radius 3 is 2.65 bits per heavy atom. The molecule has 0 aliphatic heterocycles. The summed E-state index contributed by atoms with van der Waals surface area (Å²) < 4.78 is 1.60. The molecule has 106 valence electrons. The second-order valence-corrected chi connectivity index (χ2v) is 4.64. The number of tetrazole rings is 1. The van der Waals surface area contributed by atoms with Crippen LogP contribution in [0.25, 0.3) is 5.69 Å². The van der Waals surface area contributed by atoms with Gasteiger partial charge < -0.3 is 5.32 Å². The minimum atomic E-state index is -0.386. The van der Waals surface area contributed by atoms with Gasteiger partial charge in [-0.3, -0.25) is 10.1 Å². The fourth-order valence-corrected chi connectivity index (χ4v) is 1.98. The number of nitro benzene ring substituents is 1. The van der Waals surface area contributed by atoms with Gasteiger partial charge in [-0.05, 0) is 49.9 Å². The zero-order valence-electron chi connectivity index (χ0n) is 11.8. The molecule has 0 fully saturated rings. The van der Waals surface area contributed by atoms with Crippen LogP contribution in [0.15, 0.2) is 12.1 Å².